The van der Waals surface area contributed by atoms with Crippen LogP contribution in [0.1, 0.15) is 6.92 Å². The highest BCUT2D eigenvalue weighted by Gasteiger charge is 2.14. The highest BCUT2D eigenvalue weighted by molar-refractivity contribution is 7.89. The van der Waals surface area contributed by atoms with E-state index in [0.29, 0.717) is 12.3 Å². The Bertz CT molecular complexity index is 428. The van der Waals surface area contributed by atoms with E-state index in [1.165, 1.54) is 12.1 Å². The molecule has 4 N–H and O–H groups in total. The highest BCUT2D eigenvalue weighted by atomic mass is 32.2. The van der Waals surface area contributed by atoms with E-state index in [2.05, 4.69) is 0 Å². The van der Waals surface area contributed by atoms with Crippen molar-refractivity contribution in [1.82, 2.24) is 0 Å². The molecule has 0 aromatic heterocycles. The summed E-state index contributed by atoms with van der Waals surface area (Å²) in [6, 6.07) is 4.32. The SMILES string of the molecule is CCOc1ccc(N)cc1S(N)(=O)=O. The molecular weight excluding hydrogens is 204 g/mol. The molecule has 1 aromatic carbocycles. The van der Waals surface area contributed by atoms with Gasteiger partial charge in [0.25, 0.3) is 0 Å². The van der Waals surface area contributed by atoms with Crippen molar-refractivity contribution in [3.8, 4) is 5.75 Å². The molecule has 0 unspecified atom stereocenters. The fourth-order valence-corrected chi connectivity index (χ4v) is 1.73. The van der Waals surface area contributed by atoms with Gasteiger partial charge in [-0.15, -0.1) is 0 Å². The maximum atomic E-state index is 11.1. The van der Waals surface area contributed by atoms with Gasteiger partial charge in [0.05, 0.1) is 6.61 Å². The summed E-state index contributed by atoms with van der Waals surface area (Å²) in [5, 5.41) is 4.99. The van der Waals surface area contributed by atoms with Crippen LogP contribution in [0.4, 0.5) is 5.69 Å². The second-order valence-electron chi connectivity index (χ2n) is 2.68. The molecule has 0 aliphatic heterocycles. The molecule has 0 amide bonds. The normalized spacial score (nSPS) is 11.3. The number of sulfonamides is 1. The van der Waals surface area contributed by atoms with Gasteiger partial charge in [0.15, 0.2) is 0 Å². The fraction of sp³-hybridized carbons (Fsp3) is 0.250. The number of benzene rings is 1. The Morgan fingerprint density at radius 1 is 1.43 bits per heavy atom. The minimum Gasteiger partial charge on any atom is -0.492 e. The molecule has 0 bridgehead atoms. The lowest BCUT2D eigenvalue weighted by Gasteiger charge is -2.08. The summed E-state index contributed by atoms with van der Waals surface area (Å²) in [4.78, 5) is -0.0839. The first-order chi connectivity index (χ1) is 6.45. The van der Waals surface area contributed by atoms with Crippen LogP contribution in [0.15, 0.2) is 23.1 Å². The quantitative estimate of drug-likeness (QED) is 0.711. The predicted octanol–water partition coefficient (Wildman–Crippen LogP) is 0.315. The Labute approximate surface area is 82.7 Å². The first kappa shape index (κ1) is 10.8. The Morgan fingerprint density at radius 3 is 2.57 bits per heavy atom. The van der Waals surface area contributed by atoms with Gasteiger partial charge in [0.2, 0.25) is 10.0 Å². The van der Waals surface area contributed by atoms with Gasteiger partial charge in [-0.2, -0.15) is 0 Å². The topological polar surface area (TPSA) is 95.4 Å². The smallest absolute Gasteiger partial charge is 0.241 e. The third-order valence-electron chi connectivity index (χ3n) is 1.57. The van der Waals surface area contributed by atoms with Crippen molar-refractivity contribution in [3.63, 3.8) is 0 Å². The monoisotopic (exact) mass is 216 g/mol. The zero-order valence-electron chi connectivity index (χ0n) is 7.73. The molecule has 0 aliphatic rings. The Morgan fingerprint density at radius 2 is 2.07 bits per heavy atom. The number of hydrogen-bond acceptors (Lipinski definition) is 4. The first-order valence-electron chi connectivity index (χ1n) is 4.00. The van der Waals surface area contributed by atoms with Crippen LogP contribution in [-0.4, -0.2) is 15.0 Å². The molecule has 0 aliphatic carbocycles. The Balaban J connectivity index is 3.30. The molecule has 5 nitrogen and oxygen atoms in total. The lowest BCUT2D eigenvalue weighted by atomic mass is 10.3. The molecule has 6 heteroatoms. The summed E-state index contributed by atoms with van der Waals surface area (Å²) >= 11 is 0. The summed E-state index contributed by atoms with van der Waals surface area (Å²) in [5.74, 6) is 0.226. The van der Waals surface area contributed by atoms with Crippen molar-refractivity contribution in [2.45, 2.75) is 11.8 Å². The van der Waals surface area contributed by atoms with Crippen molar-refractivity contribution in [2.24, 2.45) is 5.14 Å². The number of ether oxygens (including phenoxy) is 1. The van der Waals surface area contributed by atoms with Crippen LogP contribution in [0.25, 0.3) is 0 Å². The van der Waals surface area contributed by atoms with Gasteiger partial charge in [-0.25, -0.2) is 13.6 Å². The van der Waals surface area contributed by atoms with Gasteiger partial charge in [0.1, 0.15) is 10.6 Å². The third-order valence-corrected chi connectivity index (χ3v) is 2.51. The zero-order chi connectivity index (χ0) is 10.8. The van der Waals surface area contributed by atoms with Crippen LogP contribution in [-0.2, 0) is 10.0 Å². The van der Waals surface area contributed by atoms with Crippen molar-refractivity contribution in [2.75, 3.05) is 12.3 Å². The van der Waals surface area contributed by atoms with Crippen molar-refractivity contribution >= 4 is 15.7 Å². The number of primary sulfonamides is 1. The van der Waals surface area contributed by atoms with E-state index >= 15 is 0 Å². The van der Waals surface area contributed by atoms with Gasteiger partial charge >= 0.3 is 0 Å². The molecule has 1 rings (SSSR count). The average Bonchev–Trinajstić information content (AvgIpc) is 2.07. The van der Waals surface area contributed by atoms with E-state index in [9.17, 15) is 8.42 Å². The molecule has 0 heterocycles. The summed E-state index contributed by atoms with van der Waals surface area (Å²) in [5.41, 5.74) is 5.78. The van der Waals surface area contributed by atoms with Gasteiger partial charge in [0, 0.05) is 5.69 Å². The molecule has 78 valence electrons. The van der Waals surface area contributed by atoms with Crippen LogP contribution in [0.2, 0.25) is 0 Å². The second kappa shape index (κ2) is 3.85. The van der Waals surface area contributed by atoms with Crippen molar-refractivity contribution in [3.05, 3.63) is 18.2 Å². The summed E-state index contributed by atoms with van der Waals surface area (Å²) in [7, 11) is -3.78. The van der Waals surface area contributed by atoms with Crippen LogP contribution in [0, 0.1) is 0 Å². The largest absolute Gasteiger partial charge is 0.492 e. The van der Waals surface area contributed by atoms with Gasteiger partial charge < -0.3 is 10.5 Å². The minimum atomic E-state index is -3.78. The summed E-state index contributed by atoms with van der Waals surface area (Å²) in [6.45, 7) is 2.12. The number of hydrogen-bond donors (Lipinski definition) is 2. The van der Waals surface area contributed by atoms with Crippen LogP contribution < -0.4 is 15.6 Å². The third kappa shape index (κ3) is 2.36. The van der Waals surface area contributed by atoms with Crippen LogP contribution in [0.3, 0.4) is 0 Å². The lowest BCUT2D eigenvalue weighted by Crippen LogP contribution is -2.14. The Kier molecular flexibility index (Phi) is 2.97. The van der Waals surface area contributed by atoms with Gasteiger partial charge in [-0.05, 0) is 25.1 Å². The first-order valence-corrected chi connectivity index (χ1v) is 5.55. The van der Waals surface area contributed by atoms with E-state index in [0.717, 1.165) is 0 Å². The summed E-state index contributed by atoms with van der Waals surface area (Å²) < 4.78 is 27.3. The second-order valence-corrected chi connectivity index (χ2v) is 4.21. The maximum absolute atomic E-state index is 11.1. The fourth-order valence-electron chi connectivity index (χ4n) is 1.02. The van der Waals surface area contributed by atoms with Gasteiger partial charge in [-0.3, -0.25) is 0 Å². The highest BCUT2D eigenvalue weighted by Crippen LogP contribution is 2.24. The lowest BCUT2D eigenvalue weighted by molar-refractivity contribution is 0.331. The Hall–Kier alpha value is -1.27. The van der Waals surface area contributed by atoms with E-state index in [-0.39, 0.29) is 10.6 Å². The molecule has 1 aromatic rings. The van der Waals surface area contributed by atoms with E-state index in [1.807, 2.05) is 0 Å². The molecule has 0 spiro atoms. The average molecular weight is 216 g/mol. The van der Waals surface area contributed by atoms with E-state index in [1.54, 1.807) is 13.0 Å². The predicted molar refractivity (Wildman–Crippen MR) is 53.4 cm³/mol. The number of nitrogens with two attached hydrogens (primary N) is 2. The van der Waals surface area contributed by atoms with Crippen molar-refractivity contribution < 1.29 is 13.2 Å². The van der Waals surface area contributed by atoms with Crippen molar-refractivity contribution in [1.29, 1.82) is 0 Å². The molecule has 0 atom stereocenters. The number of rotatable bonds is 3. The van der Waals surface area contributed by atoms with Crippen LogP contribution in [0.5, 0.6) is 5.75 Å². The molecule has 14 heavy (non-hydrogen) atoms. The molecule has 0 fully saturated rings. The molecule has 0 saturated carbocycles. The van der Waals surface area contributed by atoms with Gasteiger partial charge in [-0.1, -0.05) is 0 Å². The zero-order valence-corrected chi connectivity index (χ0v) is 8.54. The maximum Gasteiger partial charge on any atom is 0.241 e. The van der Waals surface area contributed by atoms with E-state index < -0.39 is 10.0 Å². The minimum absolute atomic E-state index is 0.0839. The van der Waals surface area contributed by atoms with E-state index in [4.69, 9.17) is 15.6 Å². The summed E-state index contributed by atoms with van der Waals surface area (Å²) in [6.07, 6.45) is 0. The van der Waals surface area contributed by atoms with Crippen LogP contribution >= 0.6 is 0 Å². The number of nitrogen functional groups attached to an aromatic ring is 1. The molecule has 0 saturated heterocycles. The molecule has 0 radical (unpaired) electrons. The standard InChI is InChI=1S/C8H12N2O3S/c1-2-13-7-4-3-6(9)5-8(7)14(10,11)12/h3-5H,2,9H2,1H3,(H2,10,11,12). The molecular formula is C8H12N2O3S. The number of anilines is 1.